The van der Waals surface area contributed by atoms with E-state index >= 15 is 0 Å². The van der Waals surface area contributed by atoms with Crippen LogP contribution in [-0.4, -0.2) is 34.8 Å². The van der Waals surface area contributed by atoms with Crippen LogP contribution >= 0.6 is 0 Å². The summed E-state index contributed by atoms with van der Waals surface area (Å²) in [4.78, 5) is 28.4. The molecule has 0 aliphatic heterocycles. The second-order valence-corrected chi connectivity index (χ2v) is 6.00. The predicted molar refractivity (Wildman–Crippen MR) is 107 cm³/mol. The number of benzene rings is 2. The maximum Gasteiger partial charge on any atom is 0.335 e. The fourth-order valence-corrected chi connectivity index (χ4v) is 2.95. The zero-order chi connectivity index (χ0) is 20.3. The van der Waals surface area contributed by atoms with Gasteiger partial charge < -0.3 is 19.1 Å². The largest absolute Gasteiger partial charge is 0.497 e. The molecule has 0 bridgehead atoms. The van der Waals surface area contributed by atoms with Gasteiger partial charge in [-0.25, -0.2) is 9.78 Å². The minimum absolute atomic E-state index is 0.119. The molecule has 0 radical (unpaired) electrons. The van der Waals surface area contributed by atoms with Crippen molar-refractivity contribution < 1.29 is 19.4 Å². The first-order chi connectivity index (χ1) is 13.5. The maximum atomic E-state index is 12.8. The lowest BCUT2D eigenvalue weighted by Crippen LogP contribution is -2.23. The number of fused-ring (bicyclic) bond motifs is 1. The summed E-state index contributed by atoms with van der Waals surface area (Å²) < 4.78 is 12.1. The molecule has 0 fully saturated rings. The highest BCUT2D eigenvalue weighted by Crippen LogP contribution is 2.26. The minimum atomic E-state index is -1.04. The average Bonchev–Trinajstić information content (AvgIpc) is 2.71. The number of carboxylic acids is 1. The van der Waals surface area contributed by atoms with Gasteiger partial charge in [0, 0.05) is 18.2 Å². The first-order valence-electron chi connectivity index (χ1n) is 8.66. The molecule has 1 aromatic heterocycles. The van der Waals surface area contributed by atoms with E-state index in [4.69, 9.17) is 9.47 Å². The molecule has 3 rings (SSSR count). The van der Waals surface area contributed by atoms with E-state index in [2.05, 4.69) is 4.98 Å². The Morgan fingerprint density at radius 1 is 1.14 bits per heavy atom. The molecule has 0 saturated heterocycles. The van der Waals surface area contributed by atoms with Crippen molar-refractivity contribution in [1.82, 2.24) is 9.55 Å². The van der Waals surface area contributed by atoms with Crippen molar-refractivity contribution in [3.05, 3.63) is 63.6 Å². The van der Waals surface area contributed by atoms with Crippen LogP contribution in [0.3, 0.4) is 0 Å². The number of aryl methyl sites for hydroxylation is 1. The Balaban J connectivity index is 2.12. The third-order valence-electron chi connectivity index (χ3n) is 4.40. The van der Waals surface area contributed by atoms with Crippen molar-refractivity contribution in [2.45, 2.75) is 13.5 Å². The van der Waals surface area contributed by atoms with Gasteiger partial charge in [-0.3, -0.25) is 4.79 Å². The standard InChI is InChI=1S/C21H20N2O5/c1-4-23-18-10-7-14(21(25)26)11-17(18)22-16(20(23)24)9-6-13-5-8-15(27-2)12-19(13)28-3/h5-12H,4H2,1-3H3,(H,25,26)/b9-6+. The smallest absolute Gasteiger partial charge is 0.335 e. The van der Waals surface area contributed by atoms with Crippen LogP contribution in [0.4, 0.5) is 0 Å². The molecule has 7 nitrogen and oxygen atoms in total. The number of ether oxygens (including phenoxy) is 2. The lowest BCUT2D eigenvalue weighted by atomic mass is 10.1. The van der Waals surface area contributed by atoms with Crippen molar-refractivity contribution in [1.29, 1.82) is 0 Å². The van der Waals surface area contributed by atoms with Gasteiger partial charge in [0.2, 0.25) is 0 Å². The van der Waals surface area contributed by atoms with Crippen molar-refractivity contribution in [2.24, 2.45) is 0 Å². The Morgan fingerprint density at radius 3 is 2.57 bits per heavy atom. The molecule has 0 saturated carbocycles. The molecule has 2 aromatic carbocycles. The van der Waals surface area contributed by atoms with E-state index in [-0.39, 0.29) is 16.8 Å². The van der Waals surface area contributed by atoms with Gasteiger partial charge in [0.25, 0.3) is 5.56 Å². The molecule has 3 aromatic rings. The van der Waals surface area contributed by atoms with Gasteiger partial charge >= 0.3 is 5.97 Å². The summed E-state index contributed by atoms with van der Waals surface area (Å²) in [5.41, 5.74) is 1.89. The van der Waals surface area contributed by atoms with E-state index in [0.29, 0.717) is 29.1 Å². The molecular weight excluding hydrogens is 360 g/mol. The van der Waals surface area contributed by atoms with Crippen molar-refractivity contribution in [3.8, 4) is 11.5 Å². The molecule has 28 heavy (non-hydrogen) atoms. The Kier molecular flexibility index (Phi) is 5.44. The fourth-order valence-electron chi connectivity index (χ4n) is 2.95. The highest BCUT2D eigenvalue weighted by molar-refractivity contribution is 5.92. The van der Waals surface area contributed by atoms with E-state index in [1.165, 1.54) is 12.1 Å². The summed E-state index contributed by atoms with van der Waals surface area (Å²) in [5.74, 6) is 0.214. The van der Waals surface area contributed by atoms with Crippen molar-refractivity contribution in [3.63, 3.8) is 0 Å². The van der Waals surface area contributed by atoms with Crippen LogP contribution in [0.5, 0.6) is 11.5 Å². The number of methoxy groups -OCH3 is 2. The van der Waals surface area contributed by atoms with Gasteiger partial charge in [0.05, 0.1) is 30.8 Å². The van der Waals surface area contributed by atoms with Gasteiger partial charge in [-0.15, -0.1) is 0 Å². The third kappa shape index (κ3) is 3.59. The van der Waals surface area contributed by atoms with Crippen LogP contribution in [0.1, 0.15) is 28.5 Å². The maximum absolute atomic E-state index is 12.8. The van der Waals surface area contributed by atoms with E-state index in [9.17, 15) is 14.7 Å². The quantitative estimate of drug-likeness (QED) is 0.706. The summed E-state index contributed by atoms with van der Waals surface area (Å²) in [6.07, 6.45) is 3.33. The Morgan fingerprint density at radius 2 is 1.93 bits per heavy atom. The van der Waals surface area contributed by atoms with Crippen LogP contribution in [0.25, 0.3) is 23.2 Å². The van der Waals surface area contributed by atoms with Gasteiger partial charge in [-0.2, -0.15) is 0 Å². The van der Waals surface area contributed by atoms with Crippen molar-refractivity contribution >= 4 is 29.2 Å². The zero-order valence-corrected chi connectivity index (χ0v) is 15.8. The van der Waals surface area contributed by atoms with E-state index in [0.717, 1.165) is 5.56 Å². The molecule has 0 atom stereocenters. The lowest BCUT2D eigenvalue weighted by molar-refractivity contribution is 0.0697. The normalized spacial score (nSPS) is 11.1. The van der Waals surface area contributed by atoms with Gasteiger partial charge in [0.15, 0.2) is 0 Å². The molecule has 144 valence electrons. The van der Waals surface area contributed by atoms with Crippen LogP contribution < -0.4 is 15.0 Å². The molecule has 0 amide bonds. The summed E-state index contributed by atoms with van der Waals surface area (Å²) in [6, 6.07) is 9.90. The van der Waals surface area contributed by atoms with E-state index in [1.807, 2.05) is 13.0 Å². The van der Waals surface area contributed by atoms with Gasteiger partial charge in [-0.1, -0.05) is 0 Å². The topological polar surface area (TPSA) is 90.7 Å². The van der Waals surface area contributed by atoms with Crippen LogP contribution in [0, 0.1) is 0 Å². The number of rotatable bonds is 6. The van der Waals surface area contributed by atoms with Gasteiger partial charge in [0.1, 0.15) is 17.2 Å². The first kappa shape index (κ1) is 19.2. The minimum Gasteiger partial charge on any atom is -0.497 e. The highest BCUT2D eigenvalue weighted by Gasteiger charge is 2.11. The molecule has 1 heterocycles. The number of aromatic carboxylic acids is 1. The molecule has 0 aliphatic carbocycles. The molecule has 0 aliphatic rings. The summed E-state index contributed by atoms with van der Waals surface area (Å²) in [6.45, 7) is 2.29. The first-order valence-corrected chi connectivity index (χ1v) is 8.66. The number of aromatic nitrogens is 2. The Bertz CT molecular complexity index is 1130. The number of carboxylic acid groups (broad SMARTS) is 1. The monoisotopic (exact) mass is 380 g/mol. The second kappa shape index (κ2) is 7.96. The van der Waals surface area contributed by atoms with Gasteiger partial charge in [-0.05, 0) is 49.4 Å². The zero-order valence-electron chi connectivity index (χ0n) is 15.8. The van der Waals surface area contributed by atoms with Crippen LogP contribution in [-0.2, 0) is 6.54 Å². The molecule has 0 unspecified atom stereocenters. The summed E-state index contributed by atoms with van der Waals surface area (Å²) >= 11 is 0. The SMILES string of the molecule is CCn1c(=O)c(/C=C/c2ccc(OC)cc2OC)nc2cc(C(=O)O)ccc21. The van der Waals surface area contributed by atoms with Crippen LogP contribution in [0.15, 0.2) is 41.2 Å². The molecule has 1 N–H and O–H groups in total. The molecule has 7 heteroatoms. The average molecular weight is 380 g/mol. The second-order valence-electron chi connectivity index (χ2n) is 6.00. The van der Waals surface area contributed by atoms with Crippen molar-refractivity contribution in [2.75, 3.05) is 14.2 Å². The molecule has 0 spiro atoms. The summed E-state index contributed by atoms with van der Waals surface area (Å²) in [5, 5.41) is 9.21. The lowest BCUT2D eigenvalue weighted by Gasteiger charge is -2.10. The molecular formula is C21H20N2O5. The van der Waals surface area contributed by atoms with Crippen LogP contribution in [0.2, 0.25) is 0 Å². The summed E-state index contributed by atoms with van der Waals surface area (Å²) in [7, 11) is 3.12. The Labute approximate surface area is 161 Å². The number of hydrogen-bond donors (Lipinski definition) is 1. The highest BCUT2D eigenvalue weighted by atomic mass is 16.5. The van der Waals surface area contributed by atoms with E-state index < -0.39 is 5.97 Å². The Hall–Kier alpha value is -3.61. The number of nitrogens with zero attached hydrogens (tertiary/aromatic N) is 2. The fraction of sp³-hybridized carbons (Fsp3) is 0.190. The number of hydrogen-bond acceptors (Lipinski definition) is 5. The van der Waals surface area contributed by atoms with E-state index in [1.54, 1.807) is 49.1 Å². The third-order valence-corrected chi connectivity index (χ3v) is 4.40. The number of carbonyl (C=O) groups is 1. The predicted octanol–water partition coefficient (Wildman–Crippen LogP) is 3.30.